The van der Waals surface area contributed by atoms with Crippen LogP contribution in [0.5, 0.6) is 0 Å². The molecule has 2 nitrogen and oxygen atoms in total. The molecule has 1 rings (SSSR count). The summed E-state index contributed by atoms with van der Waals surface area (Å²) < 4.78 is 10.8. The van der Waals surface area contributed by atoms with Crippen molar-refractivity contribution in [3.8, 4) is 0 Å². The van der Waals surface area contributed by atoms with Gasteiger partial charge in [-0.05, 0) is 12.1 Å². The van der Waals surface area contributed by atoms with Crippen LogP contribution in [-0.4, -0.2) is 9.19 Å². The van der Waals surface area contributed by atoms with Crippen molar-refractivity contribution >= 4 is 11.3 Å². The first-order valence-corrected chi connectivity index (χ1v) is 2.93. The van der Waals surface area contributed by atoms with Crippen LogP contribution in [0.3, 0.4) is 0 Å². The van der Waals surface area contributed by atoms with E-state index < -0.39 is 0 Å². The van der Waals surface area contributed by atoms with Crippen molar-refractivity contribution in [3.05, 3.63) is 29.0 Å². The quantitative estimate of drug-likeness (QED) is 0.513. The van der Waals surface area contributed by atoms with Crippen LogP contribution < -0.4 is 0 Å². The van der Waals surface area contributed by atoms with Crippen LogP contribution in [0.15, 0.2) is 24.5 Å². The van der Waals surface area contributed by atoms with Gasteiger partial charge in [-0.15, -0.1) is 0 Å². The van der Waals surface area contributed by atoms with Gasteiger partial charge in [-0.3, -0.25) is 0 Å². The Hall–Kier alpha value is -0.830. The van der Waals surface area contributed by atoms with Crippen LogP contribution >= 0.6 is 0 Å². The van der Waals surface area contributed by atoms with Crippen molar-refractivity contribution in [1.29, 1.82) is 0 Å². The van der Waals surface area contributed by atoms with E-state index >= 15 is 0 Å². The number of H-pyrrole nitrogens is 1. The van der Waals surface area contributed by atoms with E-state index in [1.54, 1.807) is 24.5 Å². The summed E-state index contributed by atoms with van der Waals surface area (Å²) in [6.45, 7) is 0. The number of rotatable bonds is 0. The predicted octanol–water partition coefficient (Wildman–Crippen LogP) is 0.760. The molecule has 1 aromatic rings. The van der Waals surface area contributed by atoms with Crippen molar-refractivity contribution in [2.75, 3.05) is 0 Å². The molecule has 0 atom stereocenters. The maximum absolute atomic E-state index is 10.0. The molecule has 1 aromatic heterocycles. The molecule has 0 saturated heterocycles. The SMILES string of the molecule is O=S=c1cc[nH]cc1. The predicted molar refractivity (Wildman–Crippen MR) is 32.2 cm³/mol. The highest BCUT2D eigenvalue weighted by Gasteiger charge is 1.69. The first-order valence-electron chi connectivity index (χ1n) is 2.19. The van der Waals surface area contributed by atoms with Crippen molar-refractivity contribution in [1.82, 2.24) is 4.98 Å². The third-order valence-corrected chi connectivity index (χ3v) is 1.25. The summed E-state index contributed by atoms with van der Waals surface area (Å²) >= 11 is 0.499. The Balaban J connectivity index is 3.41. The molecule has 0 aliphatic carbocycles. The summed E-state index contributed by atoms with van der Waals surface area (Å²) in [5, 5.41) is 0. The van der Waals surface area contributed by atoms with Gasteiger partial charge in [0.15, 0.2) is 0 Å². The second-order valence-corrected chi connectivity index (χ2v) is 1.96. The van der Waals surface area contributed by atoms with Gasteiger partial charge in [0.25, 0.3) is 0 Å². The molecule has 0 unspecified atom stereocenters. The molecule has 0 spiro atoms. The largest absolute Gasteiger partial charge is 0.368 e. The minimum absolute atomic E-state index is 0.499. The second-order valence-electron chi connectivity index (χ2n) is 1.32. The van der Waals surface area contributed by atoms with Crippen LogP contribution in [0.2, 0.25) is 0 Å². The minimum atomic E-state index is 0.499. The summed E-state index contributed by atoms with van der Waals surface area (Å²) in [7, 11) is 0. The molecule has 0 bridgehead atoms. The smallest absolute Gasteiger partial charge is 0.0966 e. The molecular weight excluding hydrogens is 122 g/mol. The van der Waals surface area contributed by atoms with E-state index in [2.05, 4.69) is 4.98 Å². The van der Waals surface area contributed by atoms with Crippen LogP contribution in [0.1, 0.15) is 0 Å². The van der Waals surface area contributed by atoms with Gasteiger partial charge in [0.2, 0.25) is 0 Å². The lowest BCUT2D eigenvalue weighted by atomic mass is 10.5. The number of pyridine rings is 1. The lowest BCUT2D eigenvalue weighted by molar-refractivity contribution is 0.699. The molecule has 0 aromatic carbocycles. The van der Waals surface area contributed by atoms with Gasteiger partial charge in [-0.25, -0.2) is 4.21 Å². The van der Waals surface area contributed by atoms with E-state index in [0.29, 0.717) is 11.3 Å². The van der Waals surface area contributed by atoms with E-state index in [-0.39, 0.29) is 0 Å². The van der Waals surface area contributed by atoms with Crippen molar-refractivity contribution in [2.24, 2.45) is 0 Å². The van der Waals surface area contributed by atoms with Gasteiger partial charge in [0, 0.05) is 12.4 Å². The van der Waals surface area contributed by atoms with Crippen LogP contribution in [0.4, 0.5) is 0 Å². The molecule has 1 heterocycles. The zero-order valence-electron chi connectivity index (χ0n) is 4.13. The van der Waals surface area contributed by atoms with Crippen molar-refractivity contribution in [3.63, 3.8) is 0 Å². The third kappa shape index (κ3) is 1.07. The average Bonchev–Trinajstić information content (AvgIpc) is 1.90. The fourth-order valence-corrected chi connectivity index (χ4v) is 0.674. The zero-order valence-corrected chi connectivity index (χ0v) is 4.94. The van der Waals surface area contributed by atoms with E-state index in [9.17, 15) is 4.21 Å². The second kappa shape index (κ2) is 2.47. The van der Waals surface area contributed by atoms with E-state index in [4.69, 9.17) is 0 Å². The molecule has 42 valence electrons. The number of aromatic nitrogens is 1. The van der Waals surface area contributed by atoms with Gasteiger partial charge in [-0.2, -0.15) is 0 Å². The molecule has 0 fully saturated rings. The fraction of sp³-hybridized carbons (Fsp3) is 0. The summed E-state index contributed by atoms with van der Waals surface area (Å²) in [5.74, 6) is 0. The summed E-state index contributed by atoms with van der Waals surface area (Å²) in [6.07, 6.45) is 3.44. The molecule has 3 heteroatoms. The number of hydrogen-bond acceptors (Lipinski definition) is 1. The average molecular weight is 127 g/mol. The summed E-state index contributed by atoms with van der Waals surface area (Å²) in [5.41, 5.74) is 0. The van der Waals surface area contributed by atoms with E-state index in [1.807, 2.05) is 0 Å². The molecule has 0 saturated carbocycles. The van der Waals surface area contributed by atoms with E-state index in [0.717, 1.165) is 4.51 Å². The summed E-state index contributed by atoms with van der Waals surface area (Å²) in [4.78, 5) is 2.81. The van der Waals surface area contributed by atoms with Crippen LogP contribution in [0, 0.1) is 4.51 Å². The highest BCUT2D eigenvalue weighted by Crippen LogP contribution is 1.79. The minimum Gasteiger partial charge on any atom is -0.368 e. The Morgan fingerprint density at radius 1 is 1.38 bits per heavy atom. The highest BCUT2D eigenvalue weighted by atomic mass is 32.1. The molecule has 0 aliphatic heterocycles. The zero-order chi connectivity index (χ0) is 5.82. The lowest BCUT2D eigenvalue weighted by Crippen LogP contribution is -1.65. The van der Waals surface area contributed by atoms with Gasteiger partial charge in [0.1, 0.15) is 0 Å². The Morgan fingerprint density at radius 3 is 2.38 bits per heavy atom. The lowest BCUT2D eigenvalue weighted by Gasteiger charge is -1.75. The molecule has 8 heavy (non-hydrogen) atoms. The maximum atomic E-state index is 10.0. The van der Waals surface area contributed by atoms with Gasteiger partial charge >= 0.3 is 0 Å². The highest BCUT2D eigenvalue weighted by molar-refractivity contribution is 7.56. The van der Waals surface area contributed by atoms with Crippen LogP contribution in [-0.2, 0) is 11.3 Å². The third-order valence-electron chi connectivity index (χ3n) is 0.784. The number of aromatic amines is 1. The first kappa shape index (κ1) is 5.31. The molecule has 0 aliphatic rings. The van der Waals surface area contributed by atoms with Crippen LogP contribution in [0.25, 0.3) is 0 Å². The normalized spacial score (nSPS) is 8.50. The molecule has 0 radical (unpaired) electrons. The molecular formula is C5H5NOS. The van der Waals surface area contributed by atoms with Gasteiger partial charge in [-0.1, -0.05) is 0 Å². The Morgan fingerprint density at radius 2 is 2.00 bits per heavy atom. The number of hydrogen-bond donors (Lipinski definition) is 1. The number of nitrogens with one attached hydrogen (secondary N) is 1. The Bertz CT molecular complexity index is 231. The Labute approximate surface area is 50.3 Å². The van der Waals surface area contributed by atoms with Crippen molar-refractivity contribution < 1.29 is 4.21 Å². The summed E-state index contributed by atoms with van der Waals surface area (Å²) in [6, 6.07) is 3.47. The molecule has 1 N–H and O–H groups in total. The van der Waals surface area contributed by atoms with Crippen molar-refractivity contribution in [2.45, 2.75) is 0 Å². The van der Waals surface area contributed by atoms with Gasteiger partial charge < -0.3 is 4.98 Å². The maximum Gasteiger partial charge on any atom is 0.0966 e. The van der Waals surface area contributed by atoms with E-state index in [1.165, 1.54) is 0 Å². The Kier molecular flexibility index (Phi) is 1.64. The molecule has 0 amide bonds. The first-order chi connectivity index (χ1) is 3.93. The monoisotopic (exact) mass is 127 g/mol. The fourth-order valence-electron chi connectivity index (χ4n) is 0.427. The topological polar surface area (TPSA) is 32.9 Å². The standard InChI is InChI=1S/C5H5NOS/c7-8-5-1-3-6-4-2-5/h1-4,6H. The van der Waals surface area contributed by atoms with Gasteiger partial charge in [0.05, 0.1) is 15.8 Å².